The summed E-state index contributed by atoms with van der Waals surface area (Å²) in [5, 5.41) is 3.13. The molecule has 1 fully saturated rings. The lowest BCUT2D eigenvalue weighted by molar-refractivity contribution is 0.0900. The maximum absolute atomic E-state index is 14.3. The van der Waals surface area contributed by atoms with E-state index in [1.54, 1.807) is 16.7 Å². The number of aromatic nitrogens is 1. The van der Waals surface area contributed by atoms with Gasteiger partial charge in [0.25, 0.3) is 5.91 Å². The van der Waals surface area contributed by atoms with Crippen LogP contribution in [-0.4, -0.2) is 34.5 Å². The molecule has 33 heavy (non-hydrogen) atoms. The zero-order valence-corrected chi connectivity index (χ0v) is 18.1. The molecule has 2 aromatic carbocycles. The molecule has 7 heteroatoms. The van der Waals surface area contributed by atoms with E-state index in [0.717, 1.165) is 38.5 Å². The molecule has 4 aromatic rings. The van der Waals surface area contributed by atoms with Crippen molar-refractivity contribution in [2.24, 2.45) is 0 Å². The van der Waals surface area contributed by atoms with E-state index in [2.05, 4.69) is 22.3 Å². The van der Waals surface area contributed by atoms with Crippen molar-refractivity contribution in [2.45, 2.75) is 32.0 Å². The van der Waals surface area contributed by atoms with E-state index in [-0.39, 0.29) is 24.1 Å². The number of hydrogen-bond donors (Lipinski definition) is 1. The van der Waals surface area contributed by atoms with Crippen LogP contribution in [0.3, 0.4) is 0 Å². The maximum atomic E-state index is 14.3. The third-order valence-electron chi connectivity index (χ3n) is 6.29. The Kier molecular flexibility index (Phi) is 5.96. The number of piperidine rings is 1. The Morgan fingerprint density at radius 1 is 1.00 bits per heavy atom. The molecule has 170 valence electrons. The molecule has 0 radical (unpaired) electrons. The number of halogens is 2. The highest BCUT2D eigenvalue weighted by Crippen LogP contribution is 2.24. The van der Waals surface area contributed by atoms with E-state index in [1.165, 1.54) is 24.0 Å². The minimum Gasteiger partial charge on any atom is -0.463 e. The lowest BCUT2D eigenvalue weighted by atomic mass is 10.0. The van der Waals surface area contributed by atoms with Gasteiger partial charge in [-0.15, -0.1) is 0 Å². The van der Waals surface area contributed by atoms with Crippen LogP contribution in [0.5, 0.6) is 0 Å². The summed E-state index contributed by atoms with van der Waals surface area (Å²) < 4.78 is 35.2. The van der Waals surface area contributed by atoms with Gasteiger partial charge in [-0.2, -0.15) is 0 Å². The van der Waals surface area contributed by atoms with E-state index < -0.39 is 11.6 Å². The van der Waals surface area contributed by atoms with Crippen molar-refractivity contribution in [1.82, 2.24) is 14.8 Å². The van der Waals surface area contributed by atoms with Crippen molar-refractivity contribution in [3.8, 4) is 0 Å². The van der Waals surface area contributed by atoms with Crippen LogP contribution >= 0.6 is 0 Å². The van der Waals surface area contributed by atoms with Gasteiger partial charge in [0.15, 0.2) is 17.2 Å². The highest BCUT2D eigenvalue weighted by atomic mass is 19.2. The van der Waals surface area contributed by atoms with Crippen molar-refractivity contribution in [3.63, 3.8) is 0 Å². The Balaban J connectivity index is 1.28. The third kappa shape index (κ3) is 4.54. The largest absolute Gasteiger partial charge is 0.463 e. The van der Waals surface area contributed by atoms with Gasteiger partial charge in [0.05, 0.1) is 18.3 Å². The van der Waals surface area contributed by atoms with Crippen molar-refractivity contribution in [3.05, 3.63) is 95.4 Å². The quantitative estimate of drug-likeness (QED) is 0.453. The summed E-state index contributed by atoms with van der Waals surface area (Å²) in [7, 11) is 0. The molecule has 0 aliphatic carbocycles. The summed E-state index contributed by atoms with van der Waals surface area (Å²) in [4.78, 5) is 15.6. The first-order chi connectivity index (χ1) is 16.1. The summed E-state index contributed by atoms with van der Waals surface area (Å²) in [6.07, 6.45) is 3.23. The van der Waals surface area contributed by atoms with E-state index in [0.29, 0.717) is 16.8 Å². The SMILES string of the molecule is O=C(NC1CCN(Cc2ccccc2)CC1)c1cc2occc2n1Cc1cccc(F)c1F. The average molecular weight is 450 g/mol. The van der Waals surface area contributed by atoms with Gasteiger partial charge in [-0.1, -0.05) is 42.5 Å². The van der Waals surface area contributed by atoms with Gasteiger partial charge in [-0.05, 0) is 24.5 Å². The second-order valence-corrected chi connectivity index (χ2v) is 8.51. The average Bonchev–Trinajstić information content (AvgIpc) is 3.41. The van der Waals surface area contributed by atoms with Crippen molar-refractivity contribution < 1.29 is 18.0 Å². The molecule has 1 N–H and O–H groups in total. The zero-order valence-electron chi connectivity index (χ0n) is 18.1. The van der Waals surface area contributed by atoms with Crippen LogP contribution in [0.1, 0.15) is 34.5 Å². The molecule has 1 aliphatic rings. The molecule has 1 amide bonds. The van der Waals surface area contributed by atoms with Crippen molar-refractivity contribution >= 4 is 17.0 Å². The van der Waals surface area contributed by atoms with Crippen LogP contribution in [0, 0.1) is 11.6 Å². The van der Waals surface area contributed by atoms with E-state index >= 15 is 0 Å². The maximum Gasteiger partial charge on any atom is 0.268 e. The highest BCUT2D eigenvalue weighted by Gasteiger charge is 2.24. The molecule has 0 unspecified atom stereocenters. The van der Waals surface area contributed by atoms with Crippen molar-refractivity contribution in [2.75, 3.05) is 13.1 Å². The fourth-order valence-corrected chi connectivity index (χ4v) is 4.51. The molecule has 5 rings (SSSR count). The number of fused-ring (bicyclic) bond motifs is 1. The Morgan fingerprint density at radius 2 is 1.79 bits per heavy atom. The number of benzene rings is 2. The molecule has 0 bridgehead atoms. The van der Waals surface area contributed by atoms with Gasteiger partial charge < -0.3 is 14.3 Å². The first-order valence-corrected chi connectivity index (χ1v) is 11.2. The molecule has 1 aliphatic heterocycles. The predicted molar refractivity (Wildman–Crippen MR) is 122 cm³/mol. The Morgan fingerprint density at radius 3 is 2.58 bits per heavy atom. The summed E-state index contributed by atoms with van der Waals surface area (Å²) in [5.74, 6) is -2.05. The van der Waals surface area contributed by atoms with Gasteiger partial charge in [-0.25, -0.2) is 8.78 Å². The fourth-order valence-electron chi connectivity index (χ4n) is 4.51. The first-order valence-electron chi connectivity index (χ1n) is 11.2. The van der Waals surface area contributed by atoms with Gasteiger partial charge in [0, 0.05) is 43.4 Å². The number of nitrogens with zero attached hydrogens (tertiary/aromatic N) is 2. The molecule has 5 nitrogen and oxygen atoms in total. The molecule has 1 saturated heterocycles. The van der Waals surface area contributed by atoms with Crippen LogP contribution in [0.4, 0.5) is 8.78 Å². The molecular weight excluding hydrogens is 424 g/mol. The smallest absolute Gasteiger partial charge is 0.268 e. The normalized spacial score (nSPS) is 15.2. The van der Waals surface area contributed by atoms with Gasteiger partial charge in [-0.3, -0.25) is 9.69 Å². The molecule has 0 atom stereocenters. The number of carbonyl (C=O) groups is 1. The summed E-state index contributed by atoms with van der Waals surface area (Å²) in [6, 6.07) is 17.9. The van der Waals surface area contributed by atoms with Crippen LogP contribution < -0.4 is 5.32 Å². The third-order valence-corrected chi connectivity index (χ3v) is 6.29. The summed E-state index contributed by atoms with van der Waals surface area (Å²) >= 11 is 0. The zero-order chi connectivity index (χ0) is 22.8. The molecule has 0 spiro atoms. The minimum absolute atomic E-state index is 0.0326. The second-order valence-electron chi connectivity index (χ2n) is 8.51. The van der Waals surface area contributed by atoms with Crippen LogP contribution in [0.15, 0.2) is 71.3 Å². The first kappa shape index (κ1) is 21.4. The molecular formula is C26H25F2N3O2. The number of furan rings is 1. The predicted octanol–water partition coefficient (Wildman–Crippen LogP) is 4.96. The van der Waals surface area contributed by atoms with Gasteiger partial charge >= 0.3 is 0 Å². The molecule has 0 saturated carbocycles. The minimum atomic E-state index is -0.906. The van der Waals surface area contributed by atoms with Crippen LogP contribution in [0.25, 0.3) is 11.1 Å². The number of rotatable bonds is 6. The number of likely N-dealkylation sites (tertiary alicyclic amines) is 1. The monoisotopic (exact) mass is 449 g/mol. The second kappa shape index (κ2) is 9.19. The molecule has 3 heterocycles. The highest BCUT2D eigenvalue weighted by molar-refractivity contribution is 5.97. The van der Waals surface area contributed by atoms with Gasteiger partial charge in [0.2, 0.25) is 0 Å². The van der Waals surface area contributed by atoms with Crippen LogP contribution in [-0.2, 0) is 13.1 Å². The standard InChI is InChI=1S/C26H25F2N3O2/c27-21-8-4-7-19(25(21)28)17-31-22-11-14-33-24(22)15-23(31)26(32)29-20-9-12-30(13-10-20)16-18-5-2-1-3-6-18/h1-8,11,14-15,20H,9-10,12-13,16-17H2,(H,29,32). The van der Waals surface area contributed by atoms with E-state index in [9.17, 15) is 13.6 Å². The number of hydrogen-bond acceptors (Lipinski definition) is 3. The summed E-state index contributed by atoms with van der Waals surface area (Å²) in [5.41, 5.74) is 3.04. The Labute approximate surface area is 190 Å². The summed E-state index contributed by atoms with van der Waals surface area (Å²) in [6.45, 7) is 2.74. The molecule has 2 aromatic heterocycles. The Bertz CT molecular complexity index is 1260. The van der Waals surface area contributed by atoms with E-state index in [1.807, 2.05) is 18.2 Å². The lowest BCUT2D eigenvalue weighted by Crippen LogP contribution is -2.44. The van der Waals surface area contributed by atoms with Crippen molar-refractivity contribution in [1.29, 1.82) is 0 Å². The number of carbonyl (C=O) groups excluding carboxylic acids is 1. The van der Waals surface area contributed by atoms with Crippen LogP contribution in [0.2, 0.25) is 0 Å². The van der Waals surface area contributed by atoms with Gasteiger partial charge in [0.1, 0.15) is 5.69 Å². The fraction of sp³-hybridized carbons (Fsp3) is 0.269. The Hall–Kier alpha value is -3.45. The topological polar surface area (TPSA) is 50.4 Å². The number of amides is 1. The number of nitrogens with one attached hydrogen (secondary N) is 1. The lowest BCUT2D eigenvalue weighted by Gasteiger charge is -2.32. The van der Waals surface area contributed by atoms with E-state index in [4.69, 9.17) is 4.42 Å².